The number of piperazine rings is 1. The van der Waals surface area contributed by atoms with Crippen LogP contribution >= 0.6 is 23.2 Å². The van der Waals surface area contributed by atoms with E-state index in [1.165, 1.54) is 0 Å². The van der Waals surface area contributed by atoms with Gasteiger partial charge in [0.1, 0.15) is 0 Å². The van der Waals surface area contributed by atoms with Gasteiger partial charge in [-0.25, -0.2) is 0 Å². The van der Waals surface area contributed by atoms with Crippen LogP contribution in [0, 0.1) is 5.92 Å². The number of likely N-dealkylation sites (N-methyl/N-ethyl adjacent to an activating group) is 1. The Morgan fingerprint density at radius 3 is 2.43 bits per heavy atom. The first-order valence-electron chi connectivity index (χ1n) is 8.04. The van der Waals surface area contributed by atoms with Gasteiger partial charge in [0, 0.05) is 43.8 Å². The summed E-state index contributed by atoms with van der Waals surface area (Å²) in [5, 5.41) is 3.94. The topological polar surface area (TPSA) is 35.6 Å². The molecule has 1 aromatic rings. The smallest absolute Gasteiger partial charge is 0.252 e. The molecule has 4 nitrogen and oxygen atoms in total. The molecule has 1 unspecified atom stereocenters. The third-order valence-electron chi connectivity index (χ3n) is 4.42. The summed E-state index contributed by atoms with van der Waals surface area (Å²) >= 11 is 12.0. The third kappa shape index (κ3) is 5.08. The number of carbonyl (C=O) groups excluding carboxylic acids is 1. The quantitative estimate of drug-likeness (QED) is 0.879. The summed E-state index contributed by atoms with van der Waals surface area (Å²) in [5.41, 5.74) is 0.469. The molecule has 1 aliphatic rings. The highest BCUT2D eigenvalue weighted by Gasteiger charge is 2.25. The van der Waals surface area contributed by atoms with E-state index in [9.17, 15) is 4.79 Å². The molecule has 0 aromatic heterocycles. The second-order valence-electron chi connectivity index (χ2n) is 6.48. The van der Waals surface area contributed by atoms with E-state index in [1.807, 2.05) is 0 Å². The number of carbonyl (C=O) groups is 1. The van der Waals surface area contributed by atoms with Crippen LogP contribution in [0.3, 0.4) is 0 Å². The number of hydrogen-bond acceptors (Lipinski definition) is 3. The first-order valence-corrected chi connectivity index (χ1v) is 8.80. The van der Waals surface area contributed by atoms with Gasteiger partial charge in [0.25, 0.3) is 5.91 Å². The van der Waals surface area contributed by atoms with Crippen molar-refractivity contribution in [2.45, 2.75) is 19.9 Å². The first-order chi connectivity index (χ1) is 10.9. The molecule has 2 rings (SSSR count). The minimum absolute atomic E-state index is 0.147. The lowest BCUT2D eigenvalue weighted by Gasteiger charge is -2.39. The third-order valence-corrected chi connectivity index (χ3v) is 4.97. The van der Waals surface area contributed by atoms with Crippen LogP contribution in [0.4, 0.5) is 0 Å². The van der Waals surface area contributed by atoms with Crippen LogP contribution in [0.5, 0.6) is 0 Å². The van der Waals surface area contributed by atoms with E-state index in [-0.39, 0.29) is 5.91 Å². The Labute approximate surface area is 148 Å². The van der Waals surface area contributed by atoms with Crippen molar-refractivity contribution in [1.29, 1.82) is 0 Å². The molecule has 1 N–H and O–H groups in total. The maximum atomic E-state index is 12.4. The Morgan fingerprint density at radius 1 is 1.22 bits per heavy atom. The van der Waals surface area contributed by atoms with Gasteiger partial charge in [0.2, 0.25) is 0 Å². The Balaban J connectivity index is 1.97. The van der Waals surface area contributed by atoms with Gasteiger partial charge in [-0.15, -0.1) is 0 Å². The number of nitrogens with one attached hydrogen (secondary N) is 1. The summed E-state index contributed by atoms with van der Waals surface area (Å²) in [6.45, 7) is 9.24. The fourth-order valence-electron chi connectivity index (χ4n) is 2.91. The van der Waals surface area contributed by atoms with Crippen LogP contribution < -0.4 is 5.32 Å². The molecule has 0 aliphatic carbocycles. The predicted molar refractivity (Wildman–Crippen MR) is 96.5 cm³/mol. The monoisotopic (exact) mass is 357 g/mol. The van der Waals surface area contributed by atoms with Crippen molar-refractivity contribution in [3.05, 3.63) is 33.8 Å². The summed E-state index contributed by atoms with van der Waals surface area (Å²) in [6, 6.07) is 5.28. The number of amides is 1. The minimum atomic E-state index is -0.147. The van der Waals surface area contributed by atoms with Crippen LogP contribution in [-0.2, 0) is 0 Å². The summed E-state index contributed by atoms with van der Waals surface area (Å²) in [6.07, 6.45) is 0. The van der Waals surface area contributed by atoms with Crippen LogP contribution in [-0.4, -0.2) is 61.5 Å². The maximum absolute atomic E-state index is 12.4. The van der Waals surface area contributed by atoms with Gasteiger partial charge in [-0.2, -0.15) is 0 Å². The summed E-state index contributed by atoms with van der Waals surface area (Å²) in [4.78, 5) is 17.2. The Morgan fingerprint density at radius 2 is 1.87 bits per heavy atom. The zero-order valence-corrected chi connectivity index (χ0v) is 15.5. The van der Waals surface area contributed by atoms with Crippen LogP contribution in [0.15, 0.2) is 18.2 Å². The van der Waals surface area contributed by atoms with Crippen LogP contribution in [0.1, 0.15) is 24.2 Å². The van der Waals surface area contributed by atoms with Crippen molar-refractivity contribution in [2.75, 3.05) is 39.8 Å². The first kappa shape index (κ1) is 18.5. The van der Waals surface area contributed by atoms with E-state index >= 15 is 0 Å². The van der Waals surface area contributed by atoms with E-state index in [1.54, 1.807) is 18.2 Å². The number of rotatable bonds is 5. The summed E-state index contributed by atoms with van der Waals surface area (Å²) in [7, 11) is 2.14. The van der Waals surface area contributed by atoms with Crippen LogP contribution in [0.25, 0.3) is 0 Å². The van der Waals surface area contributed by atoms with Gasteiger partial charge >= 0.3 is 0 Å². The lowest BCUT2D eigenvalue weighted by molar-refractivity contribution is 0.0791. The molecule has 128 valence electrons. The summed E-state index contributed by atoms with van der Waals surface area (Å²) in [5.74, 6) is 0.325. The van der Waals surface area contributed by atoms with Crippen molar-refractivity contribution >= 4 is 29.1 Å². The van der Waals surface area contributed by atoms with Gasteiger partial charge in [-0.05, 0) is 31.2 Å². The van der Waals surface area contributed by atoms with Gasteiger partial charge in [-0.3, -0.25) is 9.69 Å². The van der Waals surface area contributed by atoms with E-state index in [2.05, 4.69) is 36.0 Å². The Bertz CT molecular complexity index is 543. The molecule has 23 heavy (non-hydrogen) atoms. The van der Waals surface area contributed by atoms with Crippen molar-refractivity contribution in [3.8, 4) is 0 Å². The number of benzene rings is 1. The molecule has 0 radical (unpaired) electrons. The molecule has 1 heterocycles. The molecular formula is C17H25Cl2N3O. The van der Waals surface area contributed by atoms with Crippen molar-refractivity contribution in [3.63, 3.8) is 0 Å². The van der Waals surface area contributed by atoms with E-state index in [0.717, 1.165) is 26.2 Å². The maximum Gasteiger partial charge on any atom is 0.252 e. The van der Waals surface area contributed by atoms with E-state index in [0.29, 0.717) is 34.1 Å². The second-order valence-corrected chi connectivity index (χ2v) is 7.33. The average molecular weight is 358 g/mol. The number of halogens is 2. The highest BCUT2D eigenvalue weighted by atomic mass is 35.5. The molecule has 6 heteroatoms. The normalized spacial score (nSPS) is 18.2. The molecule has 1 atom stereocenters. The second kappa shape index (κ2) is 8.34. The lowest BCUT2D eigenvalue weighted by Crippen LogP contribution is -2.54. The molecular weight excluding hydrogens is 333 g/mol. The molecule has 1 aromatic carbocycles. The number of nitrogens with zero attached hydrogens (tertiary/aromatic N) is 2. The highest BCUT2D eigenvalue weighted by Crippen LogP contribution is 2.21. The standard InChI is InChI=1S/C17H25Cl2N3O/c1-12(2)16(22-8-6-21(3)7-9-22)11-20-17(23)14-5-4-13(18)10-15(14)19/h4-5,10,12,16H,6-9,11H2,1-3H3,(H,20,23). The average Bonchev–Trinajstić information content (AvgIpc) is 2.48. The Kier molecular flexibility index (Phi) is 6.72. The zero-order valence-electron chi connectivity index (χ0n) is 14.0. The predicted octanol–water partition coefficient (Wildman–Crippen LogP) is 3.00. The molecule has 1 amide bonds. The number of hydrogen-bond donors (Lipinski definition) is 1. The van der Waals surface area contributed by atoms with E-state index in [4.69, 9.17) is 23.2 Å². The van der Waals surface area contributed by atoms with Crippen LogP contribution in [0.2, 0.25) is 10.0 Å². The minimum Gasteiger partial charge on any atom is -0.350 e. The lowest BCUT2D eigenvalue weighted by atomic mass is 10.0. The van der Waals surface area contributed by atoms with Gasteiger partial charge < -0.3 is 10.2 Å². The van der Waals surface area contributed by atoms with Gasteiger partial charge in [0.15, 0.2) is 0 Å². The van der Waals surface area contributed by atoms with E-state index < -0.39 is 0 Å². The molecule has 1 saturated heterocycles. The summed E-state index contributed by atoms with van der Waals surface area (Å²) < 4.78 is 0. The SMILES string of the molecule is CC(C)C(CNC(=O)c1ccc(Cl)cc1Cl)N1CCN(C)CC1. The van der Waals surface area contributed by atoms with Crippen molar-refractivity contribution in [2.24, 2.45) is 5.92 Å². The zero-order chi connectivity index (χ0) is 17.0. The fourth-order valence-corrected chi connectivity index (χ4v) is 3.40. The fraction of sp³-hybridized carbons (Fsp3) is 0.588. The molecule has 0 bridgehead atoms. The molecule has 1 fully saturated rings. The van der Waals surface area contributed by atoms with Gasteiger partial charge in [-0.1, -0.05) is 37.0 Å². The van der Waals surface area contributed by atoms with Gasteiger partial charge in [0.05, 0.1) is 10.6 Å². The molecule has 0 spiro atoms. The molecule has 0 saturated carbocycles. The molecule has 1 aliphatic heterocycles. The largest absolute Gasteiger partial charge is 0.350 e. The van der Waals surface area contributed by atoms with Crippen molar-refractivity contribution < 1.29 is 4.79 Å². The Hall–Kier alpha value is -0.810. The van der Waals surface area contributed by atoms with Crippen molar-refractivity contribution in [1.82, 2.24) is 15.1 Å². The highest BCUT2D eigenvalue weighted by molar-refractivity contribution is 6.36.